The maximum Gasteiger partial charge on any atom is 0.339 e. The van der Waals surface area contributed by atoms with Gasteiger partial charge in [-0.15, -0.1) is 0 Å². The fourth-order valence-corrected chi connectivity index (χ4v) is 5.63. The highest BCUT2D eigenvalue weighted by Crippen LogP contribution is 2.38. The Bertz CT molecular complexity index is 1670. The lowest BCUT2D eigenvalue weighted by molar-refractivity contribution is -0.122. The van der Waals surface area contributed by atoms with Gasteiger partial charge in [0.15, 0.2) is 6.10 Å². The number of amides is 2. The molecule has 2 amide bonds. The summed E-state index contributed by atoms with van der Waals surface area (Å²) >= 11 is 0. The van der Waals surface area contributed by atoms with E-state index < -0.39 is 12.1 Å². The maximum atomic E-state index is 13.5. The van der Waals surface area contributed by atoms with E-state index in [0.29, 0.717) is 58.2 Å². The fraction of sp³-hybridized carbons (Fsp3) is 0.206. The molecule has 7 nitrogen and oxygen atoms in total. The van der Waals surface area contributed by atoms with Gasteiger partial charge >= 0.3 is 5.97 Å². The van der Waals surface area contributed by atoms with Gasteiger partial charge in [0.1, 0.15) is 0 Å². The Kier molecular flexibility index (Phi) is 7.01. The SMILES string of the molecule is CCC(OC(=O)c1cc(-c2ccc(N3C(=O)C4CC=CCC4C3=O)cc2)nc2ccccc12)C(=O)c1ccccc1. The summed E-state index contributed by atoms with van der Waals surface area (Å²) in [6.45, 7) is 1.80. The van der Waals surface area contributed by atoms with Crippen molar-refractivity contribution in [2.75, 3.05) is 4.90 Å². The molecule has 4 aromatic rings. The number of allylic oxidation sites excluding steroid dienone is 2. The maximum absolute atomic E-state index is 13.5. The molecule has 1 fully saturated rings. The van der Waals surface area contributed by atoms with E-state index in [2.05, 4.69) is 0 Å². The van der Waals surface area contributed by atoms with Gasteiger partial charge in [0.05, 0.1) is 34.3 Å². The van der Waals surface area contributed by atoms with Crippen LogP contribution in [-0.4, -0.2) is 34.7 Å². The number of pyridine rings is 1. The molecule has 3 atom stereocenters. The third kappa shape index (κ3) is 4.84. The Hall–Kier alpha value is -4.91. The number of hydrogen-bond acceptors (Lipinski definition) is 6. The minimum Gasteiger partial charge on any atom is -0.450 e. The van der Waals surface area contributed by atoms with Crippen molar-refractivity contribution in [1.82, 2.24) is 4.98 Å². The third-order valence-electron chi connectivity index (χ3n) is 7.84. The van der Waals surface area contributed by atoms with Crippen molar-refractivity contribution in [3.8, 4) is 11.3 Å². The molecule has 2 aliphatic rings. The number of esters is 1. The number of nitrogens with zero attached hydrogens (tertiary/aromatic N) is 2. The summed E-state index contributed by atoms with van der Waals surface area (Å²) in [4.78, 5) is 58.6. The first kappa shape index (κ1) is 26.3. The minimum absolute atomic E-state index is 0.165. The molecule has 41 heavy (non-hydrogen) atoms. The number of Topliss-reactive ketones (excluding diaryl/α,β-unsaturated/α-hetero) is 1. The zero-order chi connectivity index (χ0) is 28.5. The summed E-state index contributed by atoms with van der Waals surface area (Å²) in [6.07, 6.45) is 4.51. The van der Waals surface area contributed by atoms with E-state index in [9.17, 15) is 19.2 Å². The van der Waals surface area contributed by atoms with E-state index in [0.717, 1.165) is 0 Å². The molecule has 1 aromatic heterocycles. The van der Waals surface area contributed by atoms with Crippen molar-refractivity contribution < 1.29 is 23.9 Å². The Labute approximate surface area is 237 Å². The molecule has 204 valence electrons. The van der Waals surface area contributed by atoms with Crippen LogP contribution in [0.15, 0.2) is 97.1 Å². The van der Waals surface area contributed by atoms with E-state index in [-0.39, 0.29) is 29.4 Å². The number of hydrogen-bond donors (Lipinski definition) is 0. The molecule has 6 rings (SSSR count). The zero-order valence-corrected chi connectivity index (χ0v) is 22.5. The molecule has 0 N–H and O–H groups in total. The highest BCUT2D eigenvalue weighted by molar-refractivity contribution is 6.22. The van der Waals surface area contributed by atoms with Crippen molar-refractivity contribution in [1.29, 1.82) is 0 Å². The molecular weight excluding hydrogens is 516 g/mol. The highest BCUT2D eigenvalue weighted by Gasteiger charge is 2.47. The first-order valence-electron chi connectivity index (χ1n) is 13.8. The second kappa shape index (κ2) is 10.9. The molecule has 3 unspecified atom stereocenters. The topological polar surface area (TPSA) is 93.6 Å². The Morgan fingerprint density at radius 3 is 2.17 bits per heavy atom. The Morgan fingerprint density at radius 1 is 0.878 bits per heavy atom. The van der Waals surface area contributed by atoms with Crippen molar-refractivity contribution in [3.05, 3.63) is 108 Å². The summed E-state index contributed by atoms with van der Waals surface area (Å²) in [6, 6.07) is 24.7. The zero-order valence-electron chi connectivity index (χ0n) is 22.5. The summed E-state index contributed by atoms with van der Waals surface area (Å²) in [5.74, 6) is -1.80. The lowest BCUT2D eigenvalue weighted by Crippen LogP contribution is -2.30. The van der Waals surface area contributed by atoms with Gasteiger partial charge in [-0.3, -0.25) is 19.3 Å². The normalized spacial score (nSPS) is 18.8. The number of para-hydroxylation sites is 1. The number of aromatic nitrogens is 1. The van der Waals surface area contributed by atoms with Crippen molar-refractivity contribution >= 4 is 40.2 Å². The van der Waals surface area contributed by atoms with Gasteiger partial charge in [0.2, 0.25) is 17.6 Å². The molecule has 2 heterocycles. The van der Waals surface area contributed by atoms with Crippen LogP contribution in [0.1, 0.15) is 46.9 Å². The molecule has 0 saturated carbocycles. The summed E-state index contributed by atoms with van der Waals surface area (Å²) in [5.41, 5.74) is 3.14. The van der Waals surface area contributed by atoms with Crippen molar-refractivity contribution in [3.63, 3.8) is 0 Å². The second-order valence-corrected chi connectivity index (χ2v) is 10.3. The molecule has 7 heteroatoms. The van der Waals surface area contributed by atoms with Crippen LogP contribution in [0.5, 0.6) is 0 Å². The van der Waals surface area contributed by atoms with E-state index in [1.54, 1.807) is 67.6 Å². The molecular formula is C34H28N2O5. The quantitative estimate of drug-likeness (QED) is 0.119. The first-order valence-corrected chi connectivity index (χ1v) is 13.8. The number of rotatable bonds is 7. The highest BCUT2D eigenvalue weighted by atomic mass is 16.5. The van der Waals surface area contributed by atoms with Crippen LogP contribution in [0.2, 0.25) is 0 Å². The Morgan fingerprint density at radius 2 is 1.51 bits per heavy atom. The average Bonchev–Trinajstić information content (AvgIpc) is 3.28. The van der Waals surface area contributed by atoms with Crippen molar-refractivity contribution in [2.24, 2.45) is 11.8 Å². The number of benzene rings is 3. The number of carbonyl (C=O) groups excluding carboxylic acids is 4. The summed E-state index contributed by atoms with van der Waals surface area (Å²) in [5, 5.41) is 0.615. The van der Waals surface area contributed by atoms with E-state index in [1.165, 1.54) is 4.90 Å². The van der Waals surface area contributed by atoms with Gasteiger partial charge in [-0.1, -0.05) is 79.7 Å². The van der Waals surface area contributed by atoms with Crippen molar-refractivity contribution in [2.45, 2.75) is 32.3 Å². The van der Waals surface area contributed by atoms with Gasteiger partial charge in [0.25, 0.3) is 0 Å². The molecule has 0 bridgehead atoms. The van der Waals surface area contributed by atoms with Crippen LogP contribution in [-0.2, 0) is 14.3 Å². The predicted molar refractivity (Wildman–Crippen MR) is 155 cm³/mol. The number of ether oxygens (including phenoxy) is 1. The van der Waals surface area contributed by atoms with E-state index >= 15 is 0 Å². The number of carbonyl (C=O) groups is 4. The van der Waals surface area contributed by atoms with Gasteiger partial charge < -0.3 is 4.74 Å². The van der Waals surface area contributed by atoms with Crippen LogP contribution in [0.4, 0.5) is 5.69 Å². The molecule has 1 aliphatic carbocycles. The average molecular weight is 545 g/mol. The molecule has 1 aliphatic heterocycles. The van der Waals surface area contributed by atoms with E-state index in [4.69, 9.17) is 9.72 Å². The van der Waals surface area contributed by atoms with Crippen LogP contribution >= 0.6 is 0 Å². The number of imide groups is 1. The van der Waals surface area contributed by atoms with Crippen LogP contribution in [0, 0.1) is 11.8 Å². The second-order valence-electron chi connectivity index (χ2n) is 10.3. The largest absolute Gasteiger partial charge is 0.450 e. The monoisotopic (exact) mass is 544 g/mol. The van der Waals surface area contributed by atoms with Crippen LogP contribution < -0.4 is 4.90 Å². The van der Waals surface area contributed by atoms with Gasteiger partial charge in [-0.2, -0.15) is 0 Å². The molecule has 0 radical (unpaired) electrons. The van der Waals surface area contributed by atoms with Crippen LogP contribution in [0.25, 0.3) is 22.2 Å². The number of anilines is 1. The van der Waals surface area contributed by atoms with E-state index in [1.807, 2.05) is 36.4 Å². The molecule has 1 saturated heterocycles. The summed E-state index contributed by atoms with van der Waals surface area (Å²) in [7, 11) is 0. The summed E-state index contributed by atoms with van der Waals surface area (Å²) < 4.78 is 5.75. The standard InChI is InChI=1S/C34H28N2O5/c1-2-30(31(37)22-10-4-3-5-11-22)41-34(40)27-20-29(35-28-15-9-8-12-24(27)28)21-16-18-23(19-17-21)36-32(38)25-13-6-7-14-26(25)33(36)39/h3-12,15-20,25-26,30H,2,13-14H2,1H3. The molecule has 3 aromatic carbocycles. The van der Waals surface area contributed by atoms with Gasteiger partial charge in [-0.25, -0.2) is 9.78 Å². The lowest BCUT2D eigenvalue weighted by atomic mass is 9.85. The predicted octanol–water partition coefficient (Wildman–Crippen LogP) is 6.18. The fourth-order valence-electron chi connectivity index (χ4n) is 5.63. The minimum atomic E-state index is -0.922. The third-order valence-corrected chi connectivity index (χ3v) is 7.84. The Balaban J connectivity index is 1.30. The van der Waals surface area contributed by atoms with Gasteiger partial charge in [-0.05, 0) is 43.5 Å². The molecule has 0 spiro atoms. The number of ketones is 1. The first-order chi connectivity index (χ1) is 20.0. The number of fused-ring (bicyclic) bond motifs is 2. The van der Waals surface area contributed by atoms with Crippen LogP contribution in [0.3, 0.4) is 0 Å². The van der Waals surface area contributed by atoms with Gasteiger partial charge in [0, 0.05) is 16.5 Å². The lowest BCUT2D eigenvalue weighted by Gasteiger charge is -2.17. The smallest absolute Gasteiger partial charge is 0.339 e.